The van der Waals surface area contributed by atoms with Crippen molar-refractivity contribution >= 4 is 17.2 Å². The van der Waals surface area contributed by atoms with E-state index in [1.54, 1.807) is 16.2 Å². The average molecular weight is 473 g/mol. The molecule has 1 fully saturated rings. The Labute approximate surface area is 203 Å². The highest BCUT2D eigenvalue weighted by molar-refractivity contribution is 7.13. The van der Waals surface area contributed by atoms with Gasteiger partial charge in [-0.05, 0) is 23.5 Å². The first-order valence-corrected chi connectivity index (χ1v) is 12.5. The third-order valence-electron chi connectivity index (χ3n) is 6.06. The predicted molar refractivity (Wildman–Crippen MR) is 138 cm³/mol. The van der Waals surface area contributed by atoms with Crippen molar-refractivity contribution in [2.45, 2.75) is 78.7 Å². The number of β-amino-alcohol motifs (C(OH)–C–C–N with tert-alkyl or cyclic N) is 1. The van der Waals surface area contributed by atoms with Crippen LogP contribution < -0.4 is 10.6 Å². The standard InChI is InChI=1S/C26H38N4O2S.H2/c1-16(2)29-24(26(5,6)7)25(32)30-14-21(31)12-22(30)17(3)27-13-19-8-10-20(11-9-19)23-18(4)28-15-33-23;/h8-11,15-16,21-22,24,27,29,31H,3,12-14H2,1-2,4-7H3;1H/t21-,22+,24-;/m1./s1. The lowest BCUT2D eigenvalue weighted by Crippen LogP contribution is -2.56. The first-order valence-electron chi connectivity index (χ1n) is 11.6. The number of aryl methyl sites for hydroxylation is 1. The molecule has 33 heavy (non-hydrogen) atoms. The smallest absolute Gasteiger partial charge is 0.240 e. The molecule has 1 aliphatic rings. The van der Waals surface area contributed by atoms with E-state index in [0.717, 1.165) is 17.0 Å². The molecule has 0 unspecified atom stereocenters. The van der Waals surface area contributed by atoms with E-state index in [9.17, 15) is 9.90 Å². The van der Waals surface area contributed by atoms with Crippen molar-refractivity contribution in [3.63, 3.8) is 0 Å². The van der Waals surface area contributed by atoms with Gasteiger partial charge >= 0.3 is 0 Å². The average Bonchev–Trinajstić information content (AvgIpc) is 3.35. The van der Waals surface area contributed by atoms with Gasteiger partial charge in [0.05, 0.1) is 34.3 Å². The minimum absolute atomic E-state index is 0. The van der Waals surface area contributed by atoms with Crippen LogP contribution in [0.15, 0.2) is 42.1 Å². The maximum absolute atomic E-state index is 13.5. The number of aromatic nitrogens is 1. The second-order valence-corrected chi connectivity index (χ2v) is 11.2. The molecule has 0 radical (unpaired) electrons. The normalized spacial score (nSPS) is 19.7. The topological polar surface area (TPSA) is 77.5 Å². The number of benzene rings is 1. The van der Waals surface area contributed by atoms with E-state index in [1.165, 1.54) is 10.4 Å². The largest absolute Gasteiger partial charge is 0.391 e. The second-order valence-electron chi connectivity index (χ2n) is 10.4. The van der Waals surface area contributed by atoms with Gasteiger partial charge in [-0.25, -0.2) is 4.98 Å². The van der Waals surface area contributed by atoms with E-state index in [0.29, 0.717) is 19.5 Å². The van der Waals surface area contributed by atoms with E-state index in [1.807, 2.05) is 26.3 Å². The summed E-state index contributed by atoms with van der Waals surface area (Å²) in [5, 5.41) is 17.2. The number of hydrogen-bond donors (Lipinski definition) is 3. The summed E-state index contributed by atoms with van der Waals surface area (Å²) in [6.07, 6.45) is -0.0428. The molecule has 0 saturated carbocycles. The number of nitrogens with one attached hydrogen (secondary N) is 2. The maximum atomic E-state index is 13.5. The Kier molecular flexibility index (Phi) is 7.98. The first kappa shape index (κ1) is 25.4. The molecule has 2 aromatic rings. The van der Waals surface area contributed by atoms with Crippen LogP contribution in [0.5, 0.6) is 0 Å². The molecular weight excluding hydrogens is 432 g/mol. The molecule has 3 rings (SSSR count). The number of likely N-dealkylation sites (tertiary alicyclic amines) is 1. The number of aliphatic hydroxyl groups is 1. The summed E-state index contributed by atoms with van der Waals surface area (Å²) in [5.74, 6) is 0.0185. The molecular formula is C26H40N4O2S. The summed E-state index contributed by atoms with van der Waals surface area (Å²) < 4.78 is 0. The van der Waals surface area contributed by atoms with Gasteiger partial charge in [-0.2, -0.15) is 0 Å². The molecule has 1 saturated heterocycles. The molecule has 6 nitrogen and oxygen atoms in total. The van der Waals surface area contributed by atoms with Crippen LogP contribution in [0, 0.1) is 12.3 Å². The first-order chi connectivity index (χ1) is 15.5. The van der Waals surface area contributed by atoms with Crippen LogP contribution in [0.25, 0.3) is 10.4 Å². The van der Waals surface area contributed by atoms with Crippen molar-refractivity contribution in [3.05, 3.63) is 53.3 Å². The van der Waals surface area contributed by atoms with Gasteiger partial charge in [0, 0.05) is 32.7 Å². The molecule has 3 N–H and O–H groups in total. The Hall–Kier alpha value is -2.22. The minimum atomic E-state index is -0.543. The number of aliphatic hydroxyl groups excluding tert-OH is 1. The summed E-state index contributed by atoms with van der Waals surface area (Å²) in [7, 11) is 0. The maximum Gasteiger partial charge on any atom is 0.240 e. The van der Waals surface area contributed by atoms with Crippen LogP contribution in [0.1, 0.15) is 53.7 Å². The minimum Gasteiger partial charge on any atom is -0.391 e. The molecule has 0 aliphatic carbocycles. The van der Waals surface area contributed by atoms with Gasteiger partial charge in [-0.1, -0.05) is 65.5 Å². The lowest BCUT2D eigenvalue weighted by molar-refractivity contribution is -0.137. The molecule has 0 bridgehead atoms. The zero-order chi connectivity index (χ0) is 24.3. The van der Waals surface area contributed by atoms with Gasteiger partial charge in [0.15, 0.2) is 0 Å². The molecule has 182 valence electrons. The highest BCUT2D eigenvalue weighted by Gasteiger charge is 2.42. The third kappa shape index (κ3) is 6.22. The van der Waals surface area contributed by atoms with Crippen molar-refractivity contribution in [1.82, 2.24) is 20.5 Å². The SMILES string of the molecule is C=C(NCc1ccc(-c2scnc2C)cc1)[C@@H]1C[C@@H](O)CN1C(=O)[C@@H](NC(C)C)C(C)(C)C.[HH]. The van der Waals surface area contributed by atoms with E-state index in [4.69, 9.17) is 0 Å². The Morgan fingerprint density at radius 3 is 2.55 bits per heavy atom. The summed E-state index contributed by atoms with van der Waals surface area (Å²) >= 11 is 1.65. The Bertz CT molecular complexity index is 968. The van der Waals surface area contributed by atoms with Crippen LogP contribution in [0.4, 0.5) is 0 Å². The number of rotatable bonds is 8. The number of amides is 1. The van der Waals surface area contributed by atoms with E-state index >= 15 is 0 Å². The van der Waals surface area contributed by atoms with Gasteiger partial charge in [0.2, 0.25) is 5.91 Å². The Morgan fingerprint density at radius 1 is 1.33 bits per heavy atom. The molecule has 1 aliphatic heterocycles. The molecule has 2 heterocycles. The number of carbonyl (C=O) groups excluding carboxylic acids is 1. The number of hydrogen-bond acceptors (Lipinski definition) is 6. The van der Waals surface area contributed by atoms with E-state index < -0.39 is 6.10 Å². The Balaban J connectivity index is 0.00000408. The molecule has 1 aromatic carbocycles. The highest BCUT2D eigenvalue weighted by Crippen LogP contribution is 2.29. The van der Waals surface area contributed by atoms with Crippen molar-refractivity contribution in [2.75, 3.05) is 6.54 Å². The number of thiazole rings is 1. The van der Waals surface area contributed by atoms with E-state index in [-0.39, 0.29) is 30.9 Å². The molecule has 3 atom stereocenters. The fourth-order valence-electron chi connectivity index (χ4n) is 4.26. The summed E-state index contributed by atoms with van der Waals surface area (Å²) in [6.45, 7) is 17.5. The van der Waals surface area contributed by atoms with Crippen molar-refractivity contribution in [1.29, 1.82) is 0 Å². The number of carbonyl (C=O) groups is 1. The zero-order valence-corrected chi connectivity index (χ0v) is 21.5. The highest BCUT2D eigenvalue weighted by atomic mass is 32.1. The van der Waals surface area contributed by atoms with Crippen LogP contribution in [-0.2, 0) is 11.3 Å². The van der Waals surface area contributed by atoms with Crippen LogP contribution in [0.2, 0.25) is 0 Å². The fourth-order valence-corrected chi connectivity index (χ4v) is 5.08. The van der Waals surface area contributed by atoms with Gasteiger partial charge in [-0.3, -0.25) is 4.79 Å². The molecule has 1 aromatic heterocycles. The monoisotopic (exact) mass is 472 g/mol. The van der Waals surface area contributed by atoms with Crippen LogP contribution in [0.3, 0.4) is 0 Å². The molecule has 0 spiro atoms. The fraction of sp³-hybridized carbons (Fsp3) is 0.538. The summed E-state index contributed by atoms with van der Waals surface area (Å²) in [6, 6.07) is 8.04. The van der Waals surface area contributed by atoms with Crippen LogP contribution >= 0.6 is 11.3 Å². The van der Waals surface area contributed by atoms with Crippen molar-refractivity contribution in [2.24, 2.45) is 5.41 Å². The summed E-state index contributed by atoms with van der Waals surface area (Å²) in [4.78, 5) is 20.8. The van der Waals surface area contributed by atoms with Gasteiger partial charge in [0.1, 0.15) is 0 Å². The lowest BCUT2D eigenvalue weighted by atomic mass is 9.85. The summed E-state index contributed by atoms with van der Waals surface area (Å²) in [5.41, 5.74) is 5.73. The van der Waals surface area contributed by atoms with Gasteiger partial charge in [-0.15, -0.1) is 11.3 Å². The second kappa shape index (κ2) is 10.4. The van der Waals surface area contributed by atoms with Gasteiger partial charge in [0.25, 0.3) is 0 Å². The quantitative estimate of drug-likeness (QED) is 0.533. The lowest BCUT2D eigenvalue weighted by Gasteiger charge is -2.37. The third-order valence-corrected chi connectivity index (χ3v) is 7.04. The zero-order valence-electron chi connectivity index (χ0n) is 20.7. The molecule has 7 heteroatoms. The number of nitrogens with zero attached hydrogens (tertiary/aromatic N) is 2. The van der Waals surface area contributed by atoms with Crippen molar-refractivity contribution in [3.8, 4) is 10.4 Å². The Morgan fingerprint density at radius 2 is 2.00 bits per heavy atom. The van der Waals surface area contributed by atoms with E-state index in [2.05, 4.69) is 67.2 Å². The van der Waals surface area contributed by atoms with Crippen molar-refractivity contribution < 1.29 is 11.3 Å². The predicted octanol–water partition coefficient (Wildman–Crippen LogP) is 4.34. The van der Waals surface area contributed by atoms with Gasteiger partial charge < -0.3 is 20.6 Å². The molecule has 1 amide bonds. The van der Waals surface area contributed by atoms with Crippen LogP contribution in [-0.4, -0.2) is 51.7 Å².